The van der Waals surface area contributed by atoms with E-state index in [4.69, 9.17) is 0 Å². The second kappa shape index (κ2) is 8.19. The first-order valence-electron chi connectivity index (χ1n) is 9.24. The third kappa shape index (κ3) is 4.62. The Morgan fingerprint density at radius 3 is 2.36 bits per heavy atom. The number of carbonyl (C=O) groups excluding carboxylic acids is 2. The minimum absolute atomic E-state index is 0.106. The van der Waals surface area contributed by atoms with Gasteiger partial charge in [-0.2, -0.15) is 0 Å². The average molecular weight is 396 g/mol. The average Bonchev–Trinajstić information content (AvgIpc) is 2.93. The molecular formula is C22H25N3O2S. The zero-order chi connectivity index (χ0) is 20.4. The summed E-state index contributed by atoms with van der Waals surface area (Å²) in [4.78, 5) is 29.3. The van der Waals surface area contributed by atoms with Gasteiger partial charge in [-0.15, -0.1) is 0 Å². The van der Waals surface area contributed by atoms with E-state index in [1.54, 1.807) is 0 Å². The number of nitrogens with zero attached hydrogens (tertiary/aromatic N) is 1. The van der Waals surface area contributed by atoms with Crippen molar-refractivity contribution in [1.29, 1.82) is 0 Å². The van der Waals surface area contributed by atoms with Crippen molar-refractivity contribution >= 4 is 40.1 Å². The topological polar surface area (TPSA) is 70.6 Å². The maximum absolute atomic E-state index is 12.5. The molecule has 1 saturated heterocycles. The van der Waals surface area contributed by atoms with Crippen LogP contribution in [0.1, 0.15) is 34.2 Å². The van der Waals surface area contributed by atoms with E-state index in [0.29, 0.717) is 5.17 Å². The number of nitrogens with one attached hydrogen (secondary N) is 2. The van der Waals surface area contributed by atoms with Crippen LogP contribution in [0.15, 0.2) is 35.3 Å². The highest BCUT2D eigenvalue weighted by Gasteiger charge is 2.32. The number of amidine groups is 1. The van der Waals surface area contributed by atoms with Gasteiger partial charge in [0, 0.05) is 12.1 Å². The van der Waals surface area contributed by atoms with E-state index >= 15 is 0 Å². The maximum atomic E-state index is 12.5. The normalized spacial score (nSPS) is 17.7. The third-order valence-corrected chi connectivity index (χ3v) is 5.89. The lowest BCUT2D eigenvalue weighted by Gasteiger charge is -2.13. The Bertz CT molecular complexity index is 959. The van der Waals surface area contributed by atoms with Gasteiger partial charge in [0.15, 0.2) is 5.17 Å². The first-order chi connectivity index (χ1) is 13.2. The number of aliphatic imine (C=N–C) groups is 1. The molecule has 0 aromatic heterocycles. The molecule has 2 N–H and O–H groups in total. The molecule has 1 atom stereocenters. The minimum atomic E-state index is -0.476. The summed E-state index contributed by atoms with van der Waals surface area (Å²) < 4.78 is 0. The molecule has 146 valence electrons. The monoisotopic (exact) mass is 395 g/mol. The van der Waals surface area contributed by atoms with E-state index in [0.717, 1.165) is 33.6 Å². The number of carbonyl (C=O) groups is 2. The van der Waals surface area contributed by atoms with Crippen molar-refractivity contribution in [2.75, 3.05) is 5.32 Å². The summed E-state index contributed by atoms with van der Waals surface area (Å²) in [7, 11) is 0. The number of anilines is 1. The summed E-state index contributed by atoms with van der Waals surface area (Å²) in [5, 5.41) is 5.80. The summed E-state index contributed by atoms with van der Waals surface area (Å²) in [6.07, 6.45) is 0.106. The number of hydrogen-bond donors (Lipinski definition) is 2. The molecule has 0 saturated carbocycles. The first-order valence-corrected chi connectivity index (χ1v) is 10.1. The lowest BCUT2D eigenvalue weighted by Crippen LogP contribution is -2.28. The summed E-state index contributed by atoms with van der Waals surface area (Å²) >= 11 is 1.30. The van der Waals surface area contributed by atoms with Crippen LogP contribution in [0.4, 0.5) is 11.4 Å². The molecular weight excluding hydrogens is 370 g/mol. The molecule has 2 aromatic carbocycles. The fourth-order valence-corrected chi connectivity index (χ4v) is 4.23. The second-order valence-corrected chi connectivity index (χ2v) is 8.50. The number of amides is 2. The van der Waals surface area contributed by atoms with Crippen LogP contribution in [-0.4, -0.2) is 22.2 Å². The smallest absolute Gasteiger partial charge is 0.240 e. The summed E-state index contributed by atoms with van der Waals surface area (Å²) in [5.41, 5.74) is 7.16. The van der Waals surface area contributed by atoms with E-state index in [-0.39, 0.29) is 18.2 Å². The van der Waals surface area contributed by atoms with Gasteiger partial charge in [-0.05, 0) is 69.0 Å². The molecule has 3 rings (SSSR count). The Labute approximate surface area is 170 Å². The molecule has 0 aliphatic carbocycles. The Kier molecular flexibility index (Phi) is 5.89. The second-order valence-electron chi connectivity index (χ2n) is 7.31. The lowest BCUT2D eigenvalue weighted by atomic mass is 10.0. The first kappa shape index (κ1) is 20.1. The maximum Gasteiger partial charge on any atom is 0.240 e. The fraction of sp³-hybridized carbons (Fsp3) is 0.318. The van der Waals surface area contributed by atoms with Gasteiger partial charge in [0.05, 0.1) is 5.69 Å². The molecule has 0 spiro atoms. The molecule has 1 fully saturated rings. The van der Waals surface area contributed by atoms with Gasteiger partial charge in [-0.25, -0.2) is 4.99 Å². The van der Waals surface area contributed by atoms with Crippen LogP contribution in [0, 0.1) is 34.6 Å². The molecule has 2 aromatic rings. The van der Waals surface area contributed by atoms with Crippen molar-refractivity contribution in [2.24, 2.45) is 4.99 Å². The van der Waals surface area contributed by atoms with Crippen LogP contribution >= 0.6 is 11.8 Å². The highest BCUT2D eigenvalue weighted by molar-refractivity contribution is 8.15. The Balaban J connectivity index is 1.67. The highest BCUT2D eigenvalue weighted by atomic mass is 32.2. The molecule has 0 bridgehead atoms. The van der Waals surface area contributed by atoms with Crippen molar-refractivity contribution in [2.45, 2.75) is 46.3 Å². The van der Waals surface area contributed by atoms with Crippen molar-refractivity contribution < 1.29 is 9.59 Å². The van der Waals surface area contributed by atoms with E-state index in [1.165, 1.54) is 17.3 Å². The van der Waals surface area contributed by atoms with Gasteiger partial charge in [0.25, 0.3) is 0 Å². The number of rotatable bonds is 4. The molecule has 1 heterocycles. The van der Waals surface area contributed by atoms with Crippen LogP contribution in [0.5, 0.6) is 0 Å². The number of aryl methyl sites for hydroxylation is 5. The third-order valence-electron chi connectivity index (χ3n) is 4.81. The number of hydrogen-bond acceptors (Lipinski definition) is 4. The molecule has 1 aliphatic rings. The van der Waals surface area contributed by atoms with Crippen molar-refractivity contribution in [1.82, 2.24) is 5.32 Å². The zero-order valence-electron chi connectivity index (χ0n) is 16.8. The Morgan fingerprint density at radius 2 is 1.71 bits per heavy atom. The van der Waals surface area contributed by atoms with Crippen molar-refractivity contribution in [3.8, 4) is 0 Å². The molecule has 6 heteroatoms. The molecule has 1 unspecified atom stereocenters. The largest absolute Gasteiger partial charge is 0.326 e. The van der Waals surface area contributed by atoms with Crippen LogP contribution in [-0.2, 0) is 9.59 Å². The van der Waals surface area contributed by atoms with E-state index in [1.807, 2.05) is 65.0 Å². The number of thioether (sulfide) groups is 1. The fourth-order valence-electron chi connectivity index (χ4n) is 3.24. The SMILES string of the molecule is Cc1cc(C)c(NC(=O)CC2SC(=Nc3ccc(C)c(C)c3)NC2=O)c(C)c1. The predicted molar refractivity (Wildman–Crippen MR) is 116 cm³/mol. The van der Waals surface area contributed by atoms with Crippen LogP contribution in [0.3, 0.4) is 0 Å². The Hall–Kier alpha value is -2.60. The predicted octanol–water partition coefficient (Wildman–Crippen LogP) is 4.48. The lowest BCUT2D eigenvalue weighted by molar-refractivity contribution is -0.122. The van der Waals surface area contributed by atoms with Crippen LogP contribution in [0.25, 0.3) is 0 Å². The van der Waals surface area contributed by atoms with Gasteiger partial charge in [0.1, 0.15) is 5.25 Å². The van der Waals surface area contributed by atoms with E-state index in [9.17, 15) is 9.59 Å². The van der Waals surface area contributed by atoms with Crippen molar-refractivity contribution in [3.63, 3.8) is 0 Å². The zero-order valence-corrected chi connectivity index (χ0v) is 17.7. The quantitative estimate of drug-likeness (QED) is 0.802. The van der Waals surface area contributed by atoms with E-state index in [2.05, 4.69) is 15.6 Å². The van der Waals surface area contributed by atoms with Gasteiger partial charge >= 0.3 is 0 Å². The minimum Gasteiger partial charge on any atom is -0.326 e. The highest BCUT2D eigenvalue weighted by Crippen LogP contribution is 2.27. The summed E-state index contributed by atoms with van der Waals surface area (Å²) in [5.74, 6) is -0.352. The van der Waals surface area contributed by atoms with Crippen molar-refractivity contribution in [3.05, 3.63) is 58.1 Å². The summed E-state index contributed by atoms with van der Waals surface area (Å²) in [6.45, 7) is 10.1. The number of benzene rings is 2. The van der Waals surface area contributed by atoms with Crippen LogP contribution in [0.2, 0.25) is 0 Å². The van der Waals surface area contributed by atoms with Gasteiger partial charge < -0.3 is 10.6 Å². The Morgan fingerprint density at radius 1 is 1.04 bits per heavy atom. The standard InChI is InChI=1S/C22H25N3O2S/c1-12-8-15(4)20(16(5)9-12)24-19(26)11-18-21(27)25-22(28-18)23-17-7-6-13(2)14(3)10-17/h6-10,18H,11H2,1-5H3,(H,24,26)(H,23,25,27). The molecule has 1 aliphatic heterocycles. The van der Waals surface area contributed by atoms with Gasteiger partial charge in [-0.1, -0.05) is 35.5 Å². The molecule has 5 nitrogen and oxygen atoms in total. The summed E-state index contributed by atoms with van der Waals surface area (Å²) in [6, 6.07) is 9.98. The van der Waals surface area contributed by atoms with Gasteiger partial charge in [-0.3, -0.25) is 9.59 Å². The van der Waals surface area contributed by atoms with Gasteiger partial charge in [0.2, 0.25) is 11.8 Å². The molecule has 2 amide bonds. The molecule has 28 heavy (non-hydrogen) atoms. The van der Waals surface area contributed by atoms with Crippen LogP contribution < -0.4 is 10.6 Å². The van der Waals surface area contributed by atoms with E-state index < -0.39 is 5.25 Å². The molecule has 0 radical (unpaired) electrons.